The molecule has 0 aliphatic carbocycles. The van der Waals surface area contributed by atoms with Crippen LogP contribution in [0.4, 0.5) is 0 Å². The molecule has 27 heavy (non-hydrogen) atoms. The van der Waals surface area contributed by atoms with Crippen molar-refractivity contribution in [2.75, 3.05) is 26.8 Å². The Labute approximate surface area is 159 Å². The molecule has 144 valence electrons. The molecule has 2 aliphatic rings. The Morgan fingerprint density at radius 1 is 1.33 bits per heavy atom. The highest BCUT2D eigenvalue weighted by Gasteiger charge is 2.33. The number of aromatic nitrogens is 3. The van der Waals surface area contributed by atoms with Crippen LogP contribution in [0.1, 0.15) is 24.2 Å². The number of piperidine rings is 1. The number of methoxy groups -OCH3 is 1. The average molecular weight is 370 g/mol. The zero-order valence-electron chi connectivity index (χ0n) is 15.9. The molecule has 1 aromatic carbocycles. The molecule has 0 radical (unpaired) electrons. The molecule has 1 atom stereocenters. The minimum atomic E-state index is -0.111. The Balaban J connectivity index is 1.34. The first-order chi connectivity index (χ1) is 13.2. The summed E-state index contributed by atoms with van der Waals surface area (Å²) in [5.74, 6) is 3.20. The molecule has 0 saturated carbocycles. The van der Waals surface area contributed by atoms with Crippen molar-refractivity contribution >= 4 is 5.91 Å². The van der Waals surface area contributed by atoms with E-state index in [2.05, 4.69) is 10.2 Å². The van der Waals surface area contributed by atoms with Gasteiger partial charge in [-0.05, 0) is 36.8 Å². The third-order valence-corrected chi connectivity index (χ3v) is 5.73. The molecule has 7 heteroatoms. The molecule has 4 rings (SSSR count). The second-order valence-corrected chi connectivity index (χ2v) is 7.49. The monoisotopic (exact) mass is 370 g/mol. The summed E-state index contributed by atoms with van der Waals surface area (Å²) in [6.07, 6.45) is 5.40. The molecule has 0 N–H and O–H groups in total. The number of nitrogens with zero attached hydrogens (tertiary/aromatic N) is 4. The van der Waals surface area contributed by atoms with Crippen LogP contribution >= 0.6 is 0 Å². The van der Waals surface area contributed by atoms with E-state index >= 15 is 0 Å². The van der Waals surface area contributed by atoms with E-state index in [1.54, 1.807) is 13.4 Å². The Bertz CT molecular complexity index is 811. The zero-order valence-corrected chi connectivity index (χ0v) is 15.9. The summed E-state index contributed by atoms with van der Waals surface area (Å²) >= 11 is 0. The van der Waals surface area contributed by atoms with E-state index < -0.39 is 0 Å². The highest BCUT2D eigenvalue weighted by atomic mass is 16.5. The van der Waals surface area contributed by atoms with Crippen LogP contribution in [0.5, 0.6) is 11.5 Å². The van der Waals surface area contributed by atoms with Gasteiger partial charge in [-0.1, -0.05) is 12.1 Å². The Morgan fingerprint density at radius 3 is 2.85 bits per heavy atom. The summed E-state index contributed by atoms with van der Waals surface area (Å²) in [6, 6.07) is 5.86. The van der Waals surface area contributed by atoms with Crippen LogP contribution in [0.2, 0.25) is 0 Å². The first-order valence-corrected chi connectivity index (χ1v) is 9.56. The molecule has 2 aromatic rings. The molecule has 0 spiro atoms. The summed E-state index contributed by atoms with van der Waals surface area (Å²) < 4.78 is 13.2. The van der Waals surface area contributed by atoms with E-state index in [1.807, 2.05) is 34.7 Å². The fourth-order valence-electron chi connectivity index (χ4n) is 4.08. The fourth-order valence-corrected chi connectivity index (χ4v) is 4.08. The normalized spacial score (nSPS) is 20.1. The van der Waals surface area contributed by atoms with E-state index in [9.17, 15) is 4.79 Å². The summed E-state index contributed by atoms with van der Waals surface area (Å²) in [6.45, 7) is 2.04. The fraction of sp³-hybridized carbons (Fsp3) is 0.550. The van der Waals surface area contributed by atoms with Gasteiger partial charge in [0.05, 0.1) is 13.0 Å². The van der Waals surface area contributed by atoms with Gasteiger partial charge in [0.2, 0.25) is 5.91 Å². The minimum Gasteiger partial charge on any atom is -0.493 e. The van der Waals surface area contributed by atoms with E-state index in [0.29, 0.717) is 18.9 Å². The molecule has 7 nitrogen and oxygen atoms in total. The van der Waals surface area contributed by atoms with Crippen LogP contribution in [-0.2, 0) is 24.7 Å². The molecular weight excluding hydrogens is 344 g/mol. The number of hydrogen-bond donors (Lipinski definition) is 0. The number of rotatable bonds is 4. The minimum absolute atomic E-state index is 0.111. The lowest BCUT2D eigenvalue weighted by Crippen LogP contribution is -2.45. The quantitative estimate of drug-likeness (QED) is 0.822. The zero-order chi connectivity index (χ0) is 18.8. The number of amides is 1. The van der Waals surface area contributed by atoms with Gasteiger partial charge >= 0.3 is 0 Å². The third-order valence-electron chi connectivity index (χ3n) is 5.73. The number of benzene rings is 1. The number of ether oxygens (including phenoxy) is 2. The van der Waals surface area contributed by atoms with Crippen LogP contribution in [0.25, 0.3) is 0 Å². The number of para-hydroxylation sites is 1. The maximum atomic E-state index is 13.0. The van der Waals surface area contributed by atoms with Crippen molar-refractivity contribution in [1.82, 2.24) is 19.7 Å². The van der Waals surface area contributed by atoms with Crippen LogP contribution in [0, 0.1) is 11.8 Å². The lowest BCUT2D eigenvalue weighted by molar-refractivity contribution is -0.138. The first kappa shape index (κ1) is 17.8. The van der Waals surface area contributed by atoms with Crippen molar-refractivity contribution in [3.63, 3.8) is 0 Å². The number of carbonyl (C=O) groups is 1. The lowest BCUT2D eigenvalue weighted by atomic mass is 9.90. The highest BCUT2D eigenvalue weighted by Crippen LogP contribution is 2.36. The number of fused-ring (bicyclic) bond motifs is 1. The van der Waals surface area contributed by atoms with Crippen molar-refractivity contribution in [2.45, 2.75) is 25.7 Å². The summed E-state index contributed by atoms with van der Waals surface area (Å²) in [5, 5.41) is 8.13. The second kappa shape index (κ2) is 7.58. The number of carbonyl (C=O) groups excluding carboxylic acids is 1. The maximum absolute atomic E-state index is 13.0. The van der Waals surface area contributed by atoms with Gasteiger partial charge in [0.1, 0.15) is 18.8 Å². The van der Waals surface area contributed by atoms with Crippen LogP contribution in [0.3, 0.4) is 0 Å². The summed E-state index contributed by atoms with van der Waals surface area (Å²) in [5.41, 5.74) is 1.05. The molecule has 1 fully saturated rings. The largest absolute Gasteiger partial charge is 0.493 e. The molecule has 1 amide bonds. The Morgan fingerprint density at radius 2 is 2.15 bits per heavy atom. The predicted molar refractivity (Wildman–Crippen MR) is 99.7 cm³/mol. The molecule has 2 aliphatic heterocycles. The molecular formula is C20H26N4O3. The standard InChI is InChI=1S/C20H26N4O3/c1-23-13-21-22-18(23)10-14-6-8-24(9-7-14)20(25)16-11-15-4-3-5-17(26-2)19(15)27-12-16/h3-5,13-14,16H,6-12H2,1-2H3/t16-/m1/s1. The smallest absolute Gasteiger partial charge is 0.229 e. The molecule has 1 saturated heterocycles. The van der Waals surface area contributed by atoms with Crippen molar-refractivity contribution in [2.24, 2.45) is 18.9 Å². The van der Waals surface area contributed by atoms with Crippen molar-refractivity contribution in [1.29, 1.82) is 0 Å². The highest BCUT2D eigenvalue weighted by molar-refractivity contribution is 5.80. The average Bonchev–Trinajstić information content (AvgIpc) is 3.11. The van der Waals surface area contributed by atoms with Crippen LogP contribution in [-0.4, -0.2) is 52.4 Å². The Hall–Kier alpha value is -2.57. The first-order valence-electron chi connectivity index (χ1n) is 9.56. The van der Waals surface area contributed by atoms with Crippen molar-refractivity contribution in [3.05, 3.63) is 35.9 Å². The molecule has 3 heterocycles. The number of likely N-dealkylation sites (tertiary alicyclic amines) is 1. The van der Waals surface area contributed by atoms with Gasteiger partial charge in [-0.25, -0.2) is 0 Å². The van der Waals surface area contributed by atoms with Crippen molar-refractivity contribution < 1.29 is 14.3 Å². The van der Waals surface area contributed by atoms with Gasteiger partial charge in [-0.3, -0.25) is 4.79 Å². The van der Waals surface area contributed by atoms with Gasteiger partial charge in [-0.2, -0.15) is 0 Å². The van der Waals surface area contributed by atoms with Gasteiger partial charge in [-0.15, -0.1) is 10.2 Å². The van der Waals surface area contributed by atoms with E-state index in [0.717, 1.165) is 55.2 Å². The van der Waals surface area contributed by atoms with Crippen LogP contribution < -0.4 is 9.47 Å². The molecule has 1 aromatic heterocycles. The molecule has 0 bridgehead atoms. The summed E-state index contributed by atoms with van der Waals surface area (Å²) in [4.78, 5) is 15.0. The van der Waals surface area contributed by atoms with Gasteiger partial charge in [0.15, 0.2) is 11.5 Å². The van der Waals surface area contributed by atoms with Gasteiger partial charge in [0.25, 0.3) is 0 Å². The summed E-state index contributed by atoms with van der Waals surface area (Å²) in [7, 11) is 3.62. The van der Waals surface area contributed by atoms with E-state index in [-0.39, 0.29) is 11.8 Å². The topological polar surface area (TPSA) is 69.5 Å². The van der Waals surface area contributed by atoms with E-state index in [1.165, 1.54) is 0 Å². The third kappa shape index (κ3) is 3.63. The molecule has 0 unspecified atom stereocenters. The van der Waals surface area contributed by atoms with E-state index in [4.69, 9.17) is 9.47 Å². The van der Waals surface area contributed by atoms with Gasteiger partial charge < -0.3 is 18.9 Å². The van der Waals surface area contributed by atoms with Gasteiger partial charge in [0, 0.05) is 26.6 Å². The predicted octanol–water partition coefficient (Wildman–Crippen LogP) is 1.86. The maximum Gasteiger partial charge on any atom is 0.229 e. The number of hydrogen-bond acceptors (Lipinski definition) is 5. The lowest BCUT2D eigenvalue weighted by Gasteiger charge is -2.35. The SMILES string of the molecule is COc1cccc2c1OC[C@H](C(=O)N1CCC(Cc3nncn3C)CC1)C2. The number of aryl methyl sites for hydroxylation is 1. The van der Waals surface area contributed by atoms with Crippen LogP contribution in [0.15, 0.2) is 24.5 Å². The van der Waals surface area contributed by atoms with Crippen molar-refractivity contribution in [3.8, 4) is 11.5 Å². The Kier molecular flexibility index (Phi) is 5.01. The second-order valence-electron chi connectivity index (χ2n) is 7.49.